The summed E-state index contributed by atoms with van der Waals surface area (Å²) in [6, 6.07) is 7.43. The number of benzene rings is 2. The second-order valence-electron chi connectivity index (χ2n) is 6.15. The van der Waals surface area contributed by atoms with Gasteiger partial charge in [-0.3, -0.25) is 9.59 Å². The highest BCUT2D eigenvalue weighted by atomic mass is 35.5. The van der Waals surface area contributed by atoms with Gasteiger partial charge in [0.1, 0.15) is 6.04 Å². The number of hydrogen-bond acceptors (Lipinski definition) is 7. The molecule has 0 saturated heterocycles. The molecular formula is C17H17Cl2N3O7S2. The maximum Gasteiger partial charge on any atom is 0.324 e. The number of sulfonamides is 2. The van der Waals surface area contributed by atoms with Gasteiger partial charge in [0.15, 0.2) is 6.61 Å². The molecule has 0 bridgehead atoms. The monoisotopic (exact) mass is 509 g/mol. The standard InChI is InChI=1S/C17H17Cl2N3O7S2/c1-10(22-31(27,28)13-5-6-14(18)15(19)8-13)17(24)29-9-16(23)21-11-3-2-4-12(7-11)30(20,25)26/h2-8,10,22H,9H2,1H3,(H,21,23)(H2,20,25,26)/t10-/m0/s1. The minimum absolute atomic E-state index is 0.0166. The third-order valence-electron chi connectivity index (χ3n) is 3.68. The Morgan fingerprint density at radius 2 is 1.71 bits per heavy atom. The van der Waals surface area contributed by atoms with Crippen LogP contribution in [0, 0.1) is 0 Å². The predicted molar refractivity (Wildman–Crippen MR) is 114 cm³/mol. The van der Waals surface area contributed by atoms with E-state index in [1.165, 1.54) is 37.3 Å². The maximum absolute atomic E-state index is 12.3. The molecule has 2 aromatic carbocycles. The Labute approximate surface area is 188 Å². The van der Waals surface area contributed by atoms with Gasteiger partial charge in [-0.05, 0) is 43.3 Å². The summed E-state index contributed by atoms with van der Waals surface area (Å²) < 4.78 is 54.3. The Kier molecular flexibility index (Phi) is 8.03. The molecule has 31 heavy (non-hydrogen) atoms. The second kappa shape index (κ2) is 9.94. The fourth-order valence-electron chi connectivity index (χ4n) is 2.20. The van der Waals surface area contributed by atoms with Crippen LogP contribution in [-0.4, -0.2) is 41.4 Å². The van der Waals surface area contributed by atoms with Crippen molar-refractivity contribution in [1.82, 2.24) is 4.72 Å². The lowest BCUT2D eigenvalue weighted by molar-refractivity contribution is -0.148. The normalized spacial score (nSPS) is 12.8. The molecule has 0 saturated carbocycles. The van der Waals surface area contributed by atoms with Gasteiger partial charge in [0, 0.05) is 5.69 Å². The molecule has 0 aromatic heterocycles. The average molecular weight is 510 g/mol. The quantitative estimate of drug-likeness (QED) is 0.453. The van der Waals surface area contributed by atoms with E-state index in [1.54, 1.807) is 0 Å². The minimum atomic E-state index is -4.11. The lowest BCUT2D eigenvalue weighted by Crippen LogP contribution is -2.40. The molecule has 1 amide bonds. The number of nitrogens with one attached hydrogen (secondary N) is 2. The molecule has 0 aliphatic rings. The zero-order chi connectivity index (χ0) is 23.4. The van der Waals surface area contributed by atoms with Gasteiger partial charge in [0.2, 0.25) is 20.0 Å². The molecule has 14 heteroatoms. The van der Waals surface area contributed by atoms with Crippen LogP contribution in [0.3, 0.4) is 0 Å². The first-order valence-corrected chi connectivity index (χ1v) is 12.1. The number of hydrogen-bond donors (Lipinski definition) is 3. The Balaban J connectivity index is 1.94. The first kappa shape index (κ1) is 25.0. The highest BCUT2D eigenvalue weighted by molar-refractivity contribution is 7.89. The number of primary sulfonamides is 1. The summed E-state index contributed by atoms with van der Waals surface area (Å²) in [7, 11) is -8.07. The minimum Gasteiger partial charge on any atom is -0.454 e. The van der Waals surface area contributed by atoms with E-state index >= 15 is 0 Å². The van der Waals surface area contributed by atoms with Gasteiger partial charge in [-0.25, -0.2) is 22.0 Å². The summed E-state index contributed by atoms with van der Waals surface area (Å²) in [4.78, 5) is 23.6. The van der Waals surface area contributed by atoms with E-state index in [9.17, 15) is 26.4 Å². The van der Waals surface area contributed by atoms with Crippen LogP contribution in [0.15, 0.2) is 52.3 Å². The number of amides is 1. The fraction of sp³-hybridized carbons (Fsp3) is 0.176. The zero-order valence-corrected chi connectivity index (χ0v) is 19.0. The van der Waals surface area contributed by atoms with Crippen LogP contribution in [0.5, 0.6) is 0 Å². The van der Waals surface area contributed by atoms with E-state index in [1.807, 2.05) is 0 Å². The second-order valence-corrected chi connectivity index (χ2v) is 10.2. The number of carbonyl (C=O) groups excluding carboxylic acids is 2. The van der Waals surface area contributed by atoms with Crippen molar-refractivity contribution in [3.63, 3.8) is 0 Å². The van der Waals surface area contributed by atoms with Gasteiger partial charge in [0.05, 0.1) is 19.8 Å². The maximum atomic E-state index is 12.3. The summed E-state index contributed by atoms with van der Waals surface area (Å²) >= 11 is 11.6. The predicted octanol–water partition coefficient (Wildman–Crippen LogP) is 1.49. The third kappa shape index (κ3) is 7.16. The smallest absolute Gasteiger partial charge is 0.324 e. The number of ether oxygens (including phenoxy) is 1. The molecule has 0 aliphatic heterocycles. The first-order valence-electron chi connectivity index (χ1n) is 8.36. The van der Waals surface area contributed by atoms with Crippen molar-refractivity contribution in [3.8, 4) is 0 Å². The lowest BCUT2D eigenvalue weighted by Gasteiger charge is -2.14. The van der Waals surface area contributed by atoms with E-state index in [4.69, 9.17) is 33.1 Å². The number of anilines is 1. The summed E-state index contributed by atoms with van der Waals surface area (Å²) in [5, 5.41) is 7.53. The van der Waals surface area contributed by atoms with Crippen molar-refractivity contribution in [2.45, 2.75) is 22.8 Å². The van der Waals surface area contributed by atoms with Crippen LogP contribution in [0.4, 0.5) is 5.69 Å². The molecule has 10 nitrogen and oxygen atoms in total. The first-order chi connectivity index (χ1) is 14.3. The van der Waals surface area contributed by atoms with Crippen LogP contribution < -0.4 is 15.2 Å². The third-order valence-corrected chi connectivity index (χ3v) is 6.87. The Hall–Kier alpha value is -2.22. The number of esters is 1. The van der Waals surface area contributed by atoms with Crippen LogP contribution in [-0.2, 0) is 34.4 Å². The molecule has 0 aliphatic carbocycles. The largest absolute Gasteiger partial charge is 0.454 e. The van der Waals surface area contributed by atoms with Gasteiger partial charge in [-0.1, -0.05) is 29.3 Å². The topological polar surface area (TPSA) is 162 Å². The van der Waals surface area contributed by atoms with Gasteiger partial charge in [-0.2, -0.15) is 4.72 Å². The zero-order valence-electron chi connectivity index (χ0n) is 15.8. The molecule has 2 rings (SSSR count). The summed E-state index contributed by atoms with van der Waals surface area (Å²) in [6.45, 7) is 0.488. The summed E-state index contributed by atoms with van der Waals surface area (Å²) in [5.41, 5.74) is 0.112. The summed E-state index contributed by atoms with van der Waals surface area (Å²) in [6.07, 6.45) is 0. The molecule has 0 radical (unpaired) electrons. The van der Waals surface area contributed by atoms with Crippen molar-refractivity contribution >= 4 is 60.8 Å². The van der Waals surface area contributed by atoms with E-state index in [0.717, 1.165) is 12.1 Å². The van der Waals surface area contributed by atoms with Crippen molar-refractivity contribution in [3.05, 3.63) is 52.5 Å². The van der Waals surface area contributed by atoms with Crippen molar-refractivity contribution < 1.29 is 31.2 Å². The number of halogens is 2. The molecule has 2 aromatic rings. The summed E-state index contributed by atoms with van der Waals surface area (Å²) in [5.74, 6) is -1.79. The van der Waals surface area contributed by atoms with Crippen LogP contribution in [0.25, 0.3) is 0 Å². The Bertz CT molecular complexity index is 1220. The van der Waals surface area contributed by atoms with E-state index in [-0.39, 0.29) is 25.5 Å². The van der Waals surface area contributed by atoms with E-state index in [0.29, 0.717) is 0 Å². The number of nitrogens with two attached hydrogens (primary N) is 1. The molecule has 0 spiro atoms. The van der Waals surface area contributed by atoms with Crippen molar-refractivity contribution in [2.24, 2.45) is 5.14 Å². The Morgan fingerprint density at radius 3 is 2.32 bits per heavy atom. The van der Waals surface area contributed by atoms with Crippen molar-refractivity contribution in [1.29, 1.82) is 0 Å². The van der Waals surface area contributed by atoms with Crippen LogP contribution in [0.2, 0.25) is 10.0 Å². The van der Waals surface area contributed by atoms with Gasteiger partial charge >= 0.3 is 5.97 Å². The molecule has 4 N–H and O–H groups in total. The average Bonchev–Trinajstić information content (AvgIpc) is 2.67. The molecule has 0 heterocycles. The van der Waals surface area contributed by atoms with Crippen LogP contribution in [0.1, 0.15) is 6.92 Å². The fourth-order valence-corrected chi connectivity index (χ4v) is 4.34. The van der Waals surface area contributed by atoms with E-state index in [2.05, 4.69) is 10.0 Å². The molecular weight excluding hydrogens is 493 g/mol. The molecule has 0 unspecified atom stereocenters. The molecule has 1 atom stereocenters. The van der Waals surface area contributed by atoms with Crippen LogP contribution >= 0.6 is 23.2 Å². The highest BCUT2D eigenvalue weighted by Crippen LogP contribution is 2.24. The van der Waals surface area contributed by atoms with Gasteiger partial charge < -0.3 is 10.1 Å². The number of rotatable bonds is 8. The molecule has 168 valence electrons. The van der Waals surface area contributed by atoms with Gasteiger partial charge in [-0.15, -0.1) is 0 Å². The molecule has 0 fully saturated rings. The Morgan fingerprint density at radius 1 is 1.03 bits per heavy atom. The highest BCUT2D eigenvalue weighted by Gasteiger charge is 2.24. The van der Waals surface area contributed by atoms with Crippen molar-refractivity contribution in [2.75, 3.05) is 11.9 Å². The van der Waals surface area contributed by atoms with E-state index < -0.39 is 44.6 Å². The number of carbonyl (C=O) groups is 2. The van der Waals surface area contributed by atoms with Gasteiger partial charge in [0.25, 0.3) is 5.91 Å². The lowest BCUT2D eigenvalue weighted by atomic mass is 10.3. The SMILES string of the molecule is C[C@H](NS(=O)(=O)c1ccc(Cl)c(Cl)c1)C(=O)OCC(=O)Nc1cccc(S(N)(=O)=O)c1.